The lowest BCUT2D eigenvalue weighted by Crippen LogP contribution is -2.38. The number of hydrogen-bond acceptors (Lipinski definition) is 4. The molecule has 0 unspecified atom stereocenters. The Morgan fingerprint density at radius 3 is 2.68 bits per heavy atom. The fourth-order valence-corrected chi connectivity index (χ4v) is 2.66. The Kier molecular flexibility index (Phi) is 5.75. The second-order valence-corrected chi connectivity index (χ2v) is 5.73. The molecule has 1 saturated carbocycles. The van der Waals surface area contributed by atoms with E-state index in [1.807, 2.05) is 6.92 Å². The van der Waals surface area contributed by atoms with Gasteiger partial charge in [-0.2, -0.15) is 0 Å². The molecule has 0 bridgehead atoms. The molecule has 2 rings (SSSR count). The zero-order valence-corrected chi connectivity index (χ0v) is 13.1. The summed E-state index contributed by atoms with van der Waals surface area (Å²) >= 11 is 0. The minimum atomic E-state index is -0.181. The molecule has 1 aromatic rings. The van der Waals surface area contributed by atoms with Crippen molar-refractivity contribution in [3.8, 4) is 5.88 Å². The van der Waals surface area contributed by atoms with Gasteiger partial charge in [-0.25, -0.2) is 4.98 Å². The SMILES string of the molecule is COc1ccc(NC(=O)C[C@@H](C)NC(=O)C2CCCC2)cn1. The van der Waals surface area contributed by atoms with Gasteiger partial charge in [-0.15, -0.1) is 0 Å². The number of nitrogens with zero attached hydrogens (tertiary/aromatic N) is 1. The summed E-state index contributed by atoms with van der Waals surface area (Å²) in [6.07, 6.45) is 5.95. The Labute approximate surface area is 130 Å². The molecule has 2 amide bonds. The van der Waals surface area contributed by atoms with Crippen molar-refractivity contribution in [3.63, 3.8) is 0 Å². The summed E-state index contributed by atoms with van der Waals surface area (Å²) in [5.74, 6) is 0.543. The summed E-state index contributed by atoms with van der Waals surface area (Å²) in [5, 5.41) is 5.68. The summed E-state index contributed by atoms with van der Waals surface area (Å²) in [7, 11) is 1.54. The van der Waals surface area contributed by atoms with Crippen LogP contribution in [0.15, 0.2) is 18.3 Å². The first-order chi connectivity index (χ1) is 10.6. The Morgan fingerprint density at radius 1 is 1.36 bits per heavy atom. The van der Waals surface area contributed by atoms with Gasteiger partial charge in [0, 0.05) is 24.4 Å². The van der Waals surface area contributed by atoms with Crippen molar-refractivity contribution < 1.29 is 14.3 Å². The molecule has 0 saturated heterocycles. The van der Waals surface area contributed by atoms with Crippen LogP contribution in [0.4, 0.5) is 5.69 Å². The van der Waals surface area contributed by atoms with Gasteiger partial charge < -0.3 is 15.4 Å². The Hall–Kier alpha value is -2.11. The molecule has 120 valence electrons. The van der Waals surface area contributed by atoms with Crippen molar-refractivity contribution >= 4 is 17.5 Å². The van der Waals surface area contributed by atoms with Gasteiger partial charge in [0.15, 0.2) is 0 Å². The molecule has 0 spiro atoms. The summed E-state index contributed by atoms with van der Waals surface area (Å²) in [4.78, 5) is 28.0. The van der Waals surface area contributed by atoms with Gasteiger partial charge in [0.2, 0.25) is 17.7 Å². The van der Waals surface area contributed by atoms with Crippen molar-refractivity contribution in [2.24, 2.45) is 5.92 Å². The predicted octanol–water partition coefficient (Wildman–Crippen LogP) is 2.11. The van der Waals surface area contributed by atoms with E-state index in [9.17, 15) is 9.59 Å². The second kappa shape index (κ2) is 7.77. The molecule has 1 atom stereocenters. The van der Waals surface area contributed by atoms with E-state index in [0.717, 1.165) is 25.7 Å². The highest BCUT2D eigenvalue weighted by Gasteiger charge is 2.24. The van der Waals surface area contributed by atoms with Crippen molar-refractivity contribution in [1.82, 2.24) is 10.3 Å². The average molecular weight is 305 g/mol. The first-order valence-electron chi connectivity index (χ1n) is 7.68. The number of anilines is 1. The summed E-state index contributed by atoms with van der Waals surface area (Å²) < 4.78 is 4.96. The van der Waals surface area contributed by atoms with Gasteiger partial charge >= 0.3 is 0 Å². The van der Waals surface area contributed by atoms with Crippen molar-refractivity contribution in [1.29, 1.82) is 0 Å². The van der Waals surface area contributed by atoms with Gasteiger partial charge in [0.25, 0.3) is 0 Å². The molecule has 0 radical (unpaired) electrons. The first kappa shape index (κ1) is 16.3. The number of rotatable bonds is 6. The molecule has 1 aromatic heterocycles. The number of aromatic nitrogens is 1. The highest BCUT2D eigenvalue weighted by Crippen LogP contribution is 2.24. The number of amides is 2. The predicted molar refractivity (Wildman–Crippen MR) is 83.6 cm³/mol. The van der Waals surface area contributed by atoms with Gasteiger partial charge in [-0.05, 0) is 25.8 Å². The standard InChI is InChI=1S/C16H23N3O3/c1-11(18-16(21)12-5-3-4-6-12)9-14(20)19-13-7-8-15(22-2)17-10-13/h7-8,10-12H,3-6,9H2,1-2H3,(H,18,21)(H,19,20)/t11-/m1/s1. The van der Waals surface area contributed by atoms with E-state index in [4.69, 9.17) is 4.74 Å². The highest BCUT2D eigenvalue weighted by atomic mass is 16.5. The van der Waals surface area contributed by atoms with Crippen LogP contribution in [-0.4, -0.2) is 29.9 Å². The molecule has 1 aliphatic rings. The van der Waals surface area contributed by atoms with Crippen molar-refractivity contribution in [2.75, 3.05) is 12.4 Å². The van der Waals surface area contributed by atoms with Crippen LogP contribution >= 0.6 is 0 Å². The molecule has 1 heterocycles. The van der Waals surface area contributed by atoms with Crippen LogP contribution in [0.5, 0.6) is 5.88 Å². The number of carbonyl (C=O) groups is 2. The average Bonchev–Trinajstić information content (AvgIpc) is 3.02. The minimum Gasteiger partial charge on any atom is -0.481 e. The molecule has 1 fully saturated rings. The number of carbonyl (C=O) groups excluding carboxylic acids is 2. The van der Waals surface area contributed by atoms with Crippen LogP contribution in [0.2, 0.25) is 0 Å². The van der Waals surface area contributed by atoms with Crippen molar-refractivity contribution in [3.05, 3.63) is 18.3 Å². The largest absolute Gasteiger partial charge is 0.481 e. The fourth-order valence-electron chi connectivity index (χ4n) is 2.66. The number of ether oxygens (including phenoxy) is 1. The van der Waals surface area contributed by atoms with Gasteiger partial charge in [0.05, 0.1) is 19.0 Å². The van der Waals surface area contributed by atoms with E-state index in [-0.39, 0.29) is 30.2 Å². The van der Waals surface area contributed by atoms with Crippen LogP contribution in [-0.2, 0) is 9.59 Å². The number of nitrogens with one attached hydrogen (secondary N) is 2. The Bertz CT molecular complexity index is 510. The van der Waals surface area contributed by atoms with Crippen LogP contribution in [0.3, 0.4) is 0 Å². The molecule has 6 heteroatoms. The highest BCUT2D eigenvalue weighted by molar-refractivity contribution is 5.91. The first-order valence-corrected chi connectivity index (χ1v) is 7.68. The minimum absolute atomic E-state index is 0.0731. The van der Waals surface area contributed by atoms with E-state index < -0.39 is 0 Å². The third-order valence-electron chi connectivity index (χ3n) is 3.84. The third kappa shape index (κ3) is 4.72. The van der Waals surface area contributed by atoms with Gasteiger partial charge in [0.1, 0.15) is 0 Å². The number of hydrogen-bond donors (Lipinski definition) is 2. The maximum Gasteiger partial charge on any atom is 0.226 e. The van der Waals surface area contributed by atoms with Crippen LogP contribution < -0.4 is 15.4 Å². The molecule has 0 aliphatic heterocycles. The second-order valence-electron chi connectivity index (χ2n) is 5.73. The lowest BCUT2D eigenvalue weighted by Gasteiger charge is -2.16. The Morgan fingerprint density at radius 2 is 2.09 bits per heavy atom. The quantitative estimate of drug-likeness (QED) is 0.843. The molecular weight excluding hydrogens is 282 g/mol. The monoisotopic (exact) mass is 305 g/mol. The van der Waals surface area contributed by atoms with E-state index in [0.29, 0.717) is 11.6 Å². The molecule has 22 heavy (non-hydrogen) atoms. The number of methoxy groups -OCH3 is 1. The smallest absolute Gasteiger partial charge is 0.226 e. The molecule has 0 aromatic carbocycles. The van der Waals surface area contributed by atoms with Crippen LogP contribution in [0.1, 0.15) is 39.0 Å². The molecular formula is C16H23N3O3. The summed E-state index contributed by atoms with van der Waals surface area (Å²) in [5.41, 5.74) is 0.611. The maximum atomic E-state index is 12.0. The normalized spacial score (nSPS) is 16.1. The summed E-state index contributed by atoms with van der Waals surface area (Å²) in [6.45, 7) is 1.85. The molecule has 6 nitrogen and oxygen atoms in total. The van der Waals surface area contributed by atoms with E-state index >= 15 is 0 Å². The molecule has 2 N–H and O–H groups in total. The zero-order valence-electron chi connectivity index (χ0n) is 13.1. The molecule has 1 aliphatic carbocycles. The van der Waals surface area contributed by atoms with Crippen molar-refractivity contribution in [2.45, 2.75) is 45.1 Å². The van der Waals surface area contributed by atoms with Crippen LogP contribution in [0.25, 0.3) is 0 Å². The third-order valence-corrected chi connectivity index (χ3v) is 3.84. The lowest BCUT2D eigenvalue weighted by molar-refractivity contribution is -0.125. The van der Waals surface area contributed by atoms with E-state index in [1.165, 1.54) is 7.11 Å². The van der Waals surface area contributed by atoms with Crippen LogP contribution in [0, 0.1) is 5.92 Å². The Balaban J connectivity index is 1.76. The fraction of sp³-hybridized carbons (Fsp3) is 0.562. The summed E-state index contributed by atoms with van der Waals surface area (Å²) in [6, 6.07) is 3.23. The van der Waals surface area contributed by atoms with E-state index in [1.54, 1.807) is 18.3 Å². The van der Waals surface area contributed by atoms with Gasteiger partial charge in [-0.1, -0.05) is 12.8 Å². The van der Waals surface area contributed by atoms with Gasteiger partial charge in [-0.3, -0.25) is 9.59 Å². The topological polar surface area (TPSA) is 80.3 Å². The van der Waals surface area contributed by atoms with E-state index in [2.05, 4.69) is 15.6 Å². The maximum absolute atomic E-state index is 12.0. The lowest BCUT2D eigenvalue weighted by atomic mass is 10.1. The zero-order chi connectivity index (χ0) is 15.9. The number of pyridine rings is 1.